The molecular formula is C20H17N5O3S. The first-order valence-corrected chi connectivity index (χ1v) is 9.52. The Morgan fingerprint density at radius 2 is 1.83 bits per heavy atom. The van der Waals surface area contributed by atoms with E-state index in [0.717, 1.165) is 27.8 Å². The summed E-state index contributed by atoms with van der Waals surface area (Å²) in [5, 5.41) is 13.7. The fraction of sp³-hybridized carbons (Fsp3) is 0.100. The summed E-state index contributed by atoms with van der Waals surface area (Å²) in [6.45, 7) is 1.91. The number of carbonyl (C=O) groups excluding carboxylic acids is 2. The van der Waals surface area contributed by atoms with Crippen molar-refractivity contribution >= 4 is 44.9 Å². The average Bonchev–Trinajstić information content (AvgIpc) is 3.39. The number of nitrogens with zero attached hydrogens (tertiary/aromatic N) is 2. The lowest BCUT2D eigenvalue weighted by atomic mass is 10.1. The number of aromatic nitrogens is 3. The van der Waals surface area contributed by atoms with Gasteiger partial charge in [-0.1, -0.05) is 17.4 Å². The molecule has 9 heteroatoms. The SMILES string of the molecule is COc1ccc(C(=O)Nc2ncc(C(=O)Nc3c(C)ccc4[nH]ncc34)s2)cc1. The van der Waals surface area contributed by atoms with Gasteiger partial charge in [0, 0.05) is 10.9 Å². The molecule has 2 amide bonds. The summed E-state index contributed by atoms with van der Waals surface area (Å²) >= 11 is 1.10. The number of ether oxygens (including phenoxy) is 1. The van der Waals surface area contributed by atoms with Gasteiger partial charge in [-0.15, -0.1) is 0 Å². The number of methoxy groups -OCH3 is 1. The summed E-state index contributed by atoms with van der Waals surface area (Å²) in [4.78, 5) is 29.5. The molecule has 4 rings (SSSR count). The Bertz CT molecular complexity index is 1200. The van der Waals surface area contributed by atoms with Crippen LogP contribution in [0.5, 0.6) is 5.75 Å². The first-order valence-electron chi connectivity index (χ1n) is 8.70. The fourth-order valence-electron chi connectivity index (χ4n) is 2.82. The van der Waals surface area contributed by atoms with Crippen molar-refractivity contribution in [3.05, 3.63) is 64.8 Å². The highest BCUT2D eigenvalue weighted by Crippen LogP contribution is 2.27. The molecule has 0 spiro atoms. The molecular weight excluding hydrogens is 390 g/mol. The topological polar surface area (TPSA) is 109 Å². The lowest BCUT2D eigenvalue weighted by Crippen LogP contribution is -2.12. The maximum atomic E-state index is 12.7. The van der Waals surface area contributed by atoms with Crippen molar-refractivity contribution in [1.82, 2.24) is 15.2 Å². The predicted molar refractivity (Wildman–Crippen MR) is 112 cm³/mol. The molecule has 0 fully saturated rings. The molecule has 0 radical (unpaired) electrons. The standard InChI is InChI=1S/C20H17N5O3S/c1-11-3-8-15-14(9-22-25-15)17(11)23-19(27)16-10-21-20(29-16)24-18(26)12-4-6-13(28-2)7-5-12/h3-10H,1-2H3,(H,22,25)(H,23,27)(H,21,24,26). The Kier molecular flexibility index (Phi) is 4.96. The van der Waals surface area contributed by atoms with E-state index in [-0.39, 0.29) is 11.8 Å². The minimum atomic E-state index is -0.312. The number of aryl methyl sites for hydroxylation is 1. The Morgan fingerprint density at radius 3 is 2.59 bits per heavy atom. The van der Waals surface area contributed by atoms with Crippen LogP contribution < -0.4 is 15.4 Å². The molecule has 0 atom stereocenters. The van der Waals surface area contributed by atoms with E-state index in [1.165, 1.54) is 6.20 Å². The van der Waals surface area contributed by atoms with Crippen LogP contribution in [0.25, 0.3) is 10.9 Å². The van der Waals surface area contributed by atoms with E-state index in [1.807, 2.05) is 19.1 Å². The normalized spacial score (nSPS) is 10.7. The zero-order valence-electron chi connectivity index (χ0n) is 15.6. The predicted octanol–water partition coefficient (Wildman–Crippen LogP) is 3.84. The molecule has 2 aromatic carbocycles. The summed E-state index contributed by atoms with van der Waals surface area (Å²) in [5.41, 5.74) is 2.92. The molecule has 0 aliphatic heterocycles. The van der Waals surface area contributed by atoms with E-state index in [9.17, 15) is 9.59 Å². The lowest BCUT2D eigenvalue weighted by Gasteiger charge is -2.08. The second kappa shape index (κ2) is 7.72. The second-order valence-corrected chi connectivity index (χ2v) is 7.29. The number of rotatable bonds is 5. The number of hydrogen-bond donors (Lipinski definition) is 3. The first-order chi connectivity index (χ1) is 14.0. The number of hydrogen-bond acceptors (Lipinski definition) is 6. The van der Waals surface area contributed by atoms with Gasteiger partial charge in [-0.25, -0.2) is 4.98 Å². The quantitative estimate of drug-likeness (QED) is 0.466. The molecule has 29 heavy (non-hydrogen) atoms. The van der Waals surface area contributed by atoms with E-state index in [4.69, 9.17) is 4.74 Å². The Balaban J connectivity index is 1.48. The molecule has 0 saturated heterocycles. The maximum absolute atomic E-state index is 12.7. The number of aromatic amines is 1. The number of carbonyl (C=O) groups is 2. The van der Waals surface area contributed by atoms with Crippen LogP contribution in [-0.2, 0) is 0 Å². The van der Waals surface area contributed by atoms with Crippen LogP contribution in [0.3, 0.4) is 0 Å². The van der Waals surface area contributed by atoms with E-state index in [1.54, 1.807) is 37.6 Å². The van der Waals surface area contributed by atoms with Gasteiger partial charge in [0.25, 0.3) is 11.8 Å². The molecule has 8 nitrogen and oxygen atoms in total. The average molecular weight is 407 g/mol. The highest BCUT2D eigenvalue weighted by molar-refractivity contribution is 7.17. The Morgan fingerprint density at radius 1 is 1.03 bits per heavy atom. The fourth-order valence-corrected chi connectivity index (χ4v) is 3.52. The minimum absolute atomic E-state index is 0.302. The zero-order valence-corrected chi connectivity index (χ0v) is 16.5. The van der Waals surface area contributed by atoms with Crippen molar-refractivity contribution in [2.45, 2.75) is 6.92 Å². The number of thiazole rings is 1. The van der Waals surface area contributed by atoms with Crippen LogP contribution in [-0.4, -0.2) is 34.1 Å². The number of anilines is 2. The molecule has 0 aliphatic rings. The van der Waals surface area contributed by atoms with Crippen molar-refractivity contribution in [2.24, 2.45) is 0 Å². The van der Waals surface area contributed by atoms with Crippen molar-refractivity contribution in [3.63, 3.8) is 0 Å². The van der Waals surface area contributed by atoms with Crippen LogP contribution in [0.1, 0.15) is 25.6 Å². The maximum Gasteiger partial charge on any atom is 0.267 e. The highest BCUT2D eigenvalue weighted by Gasteiger charge is 2.16. The molecule has 0 saturated carbocycles. The molecule has 2 heterocycles. The summed E-state index contributed by atoms with van der Waals surface area (Å²) in [7, 11) is 1.56. The number of H-pyrrole nitrogens is 1. The van der Waals surface area contributed by atoms with Gasteiger partial charge >= 0.3 is 0 Å². The van der Waals surface area contributed by atoms with Crippen LogP contribution >= 0.6 is 11.3 Å². The van der Waals surface area contributed by atoms with E-state index in [2.05, 4.69) is 25.8 Å². The third-order valence-electron chi connectivity index (χ3n) is 4.37. The number of nitrogens with one attached hydrogen (secondary N) is 3. The molecule has 0 bridgehead atoms. The van der Waals surface area contributed by atoms with Gasteiger partial charge < -0.3 is 10.1 Å². The zero-order chi connectivity index (χ0) is 20.4. The van der Waals surface area contributed by atoms with Gasteiger partial charge in [0.05, 0.1) is 30.7 Å². The molecule has 4 aromatic rings. The molecule has 0 aliphatic carbocycles. The summed E-state index contributed by atoms with van der Waals surface area (Å²) in [6.07, 6.45) is 3.11. The third-order valence-corrected chi connectivity index (χ3v) is 5.28. The van der Waals surface area contributed by atoms with Gasteiger partial charge in [-0.2, -0.15) is 5.10 Å². The summed E-state index contributed by atoms with van der Waals surface area (Å²) in [5.74, 6) is 0.0508. The van der Waals surface area contributed by atoms with Crippen molar-refractivity contribution < 1.29 is 14.3 Å². The van der Waals surface area contributed by atoms with E-state index in [0.29, 0.717) is 27.0 Å². The van der Waals surface area contributed by atoms with Crippen LogP contribution in [0, 0.1) is 6.92 Å². The number of fused-ring (bicyclic) bond motifs is 1. The molecule has 2 aromatic heterocycles. The van der Waals surface area contributed by atoms with Crippen molar-refractivity contribution in [3.8, 4) is 5.75 Å². The third kappa shape index (κ3) is 3.81. The van der Waals surface area contributed by atoms with E-state index >= 15 is 0 Å². The first kappa shape index (κ1) is 18.6. The van der Waals surface area contributed by atoms with Gasteiger partial charge in [0.1, 0.15) is 10.6 Å². The number of amides is 2. The summed E-state index contributed by atoms with van der Waals surface area (Å²) < 4.78 is 5.08. The van der Waals surface area contributed by atoms with Gasteiger partial charge in [0.15, 0.2) is 5.13 Å². The van der Waals surface area contributed by atoms with Crippen molar-refractivity contribution in [1.29, 1.82) is 0 Å². The highest BCUT2D eigenvalue weighted by atomic mass is 32.1. The monoisotopic (exact) mass is 407 g/mol. The molecule has 146 valence electrons. The van der Waals surface area contributed by atoms with Crippen LogP contribution in [0.15, 0.2) is 48.8 Å². The lowest BCUT2D eigenvalue weighted by molar-refractivity contribution is 0.102. The van der Waals surface area contributed by atoms with Gasteiger partial charge in [-0.3, -0.25) is 20.0 Å². The van der Waals surface area contributed by atoms with Gasteiger partial charge in [-0.05, 0) is 42.8 Å². The van der Waals surface area contributed by atoms with Crippen LogP contribution in [0.2, 0.25) is 0 Å². The minimum Gasteiger partial charge on any atom is -0.497 e. The van der Waals surface area contributed by atoms with Crippen molar-refractivity contribution in [2.75, 3.05) is 17.7 Å². The second-order valence-electron chi connectivity index (χ2n) is 6.26. The smallest absolute Gasteiger partial charge is 0.267 e. The molecule has 0 unspecified atom stereocenters. The van der Waals surface area contributed by atoms with Crippen LogP contribution in [0.4, 0.5) is 10.8 Å². The largest absolute Gasteiger partial charge is 0.497 e. The Hall–Kier alpha value is -3.72. The summed E-state index contributed by atoms with van der Waals surface area (Å²) in [6, 6.07) is 10.5. The Labute approximate surface area is 169 Å². The number of benzene rings is 2. The van der Waals surface area contributed by atoms with E-state index < -0.39 is 0 Å². The van der Waals surface area contributed by atoms with Gasteiger partial charge in [0.2, 0.25) is 0 Å². The molecule has 3 N–H and O–H groups in total.